The molecule has 1 fully saturated rings. The quantitative estimate of drug-likeness (QED) is 0.486. The molecular formula is C23H33N5O. The zero-order valence-electron chi connectivity index (χ0n) is 17.6. The molecule has 1 aliphatic rings. The van der Waals surface area contributed by atoms with Crippen molar-refractivity contribution in [2.45, 2.75) is 64.7 Å². The second-order valence-corrected chi connectivity index (χ2v) is 7.96. The number of pyridine rings is 2. The Bertz CT molecular complexity index is 832. The number of aromatic nitrogens is 2. The highest BCUT2D eigenvalue weighted by Gasteiger charge is 2.27. The maximum Gasteiger partial charge on any atom is 0.260 e. The van der Waals surface area contributed by atoms with Gasteiger partial charge in [0.2, 0.25) is 0 Å². The molecule has 29 heavy (non-hydrogen) atoms. The van der Waals surface area contributed by atoms with Crippen molar-refractivity contribution >= 4 is 17.5 Å². The first-order valence-corrected chi connectivity index (χ1v) is 10.8. The fourth-order valence-corrected chi connectivity index (χ4v) is 3.45. The van der Waals surface area contributed by atoms with E-state index in [-0.39, 0.29) is 5.91 Å². The van der Waals surface area contributed by atoms with Crippen LogP contribution in [0, 0.1) is 13.8 Å². The molecule has 3 rings (SSSR count). The molecule has 6 heteroatoms. The van der Waals surface area contributed by atoms with E-state index < -0.39 is 0 Å². The number of nitrogens with one attached hydrogen (secondary N) is 2. The van der Waals surface area contributed by atoms with Crippen LogP contribution in [0.2, 0.25) is 0 Å². The van der Waals surface area contributed by atoms with E-state index in [1.54, 1.807) is 0 Å². The number of carbonyl (C=O) groups is 1. The van der Waals surface area contributed by atoms with Crippen LogP contribution in [-0.4, -0.2) is 29.0 Å². The minimum Gasteiger partial charge on any atom is -0.369 e. The second kappa shape index (κ2) is 10.3. The Labute approximate surface area is 173 Å². The first-order chi connectivity index (χ1) is 14.1. The van der Waals surface area contributed by atoms with Gasteiger partial charge in [0.25, 0.3) is 5.91 Å². The van der Waals surface area contributed by atoms with Crippen molar-refractivity contribution in [2.24, 2.45) is 5.73 Å². The number of rotatable bonds is 11. The molecular weight excluding hydrogens is 362 g/mol. The van der Waals surface area contributed by atoms with Gasteiger partial charge < -0.3 is 16.4 Å². The Morgan fingerprint density at radius 3 is 2.55 bits per heavy atom. The van der Waals surface area contributed by atoms with Crippen LogP contribution in [0.5, 0.6) is 0 Å². The van der Waals surface area contributed by atoms with Crippen LogP contribution in [0.4, 0.5) is 11.6 Å². The van der Waals surface area contributed by atoms with Crippen LogP contribution in [0.15, 0.2) is 24.3 Å². The SMILES string of the molecule is Cc1ccc(C(=O)Nc2ccc(C)c(C3CC3)n2)c(NCCCCCCCN)n1. The van der Waals surface area contributed by atoms with Gasteiger partial charge in [0.15, 0.2) is 0 Å². The van der Waals surface area contributed by atoms with Gasteiger partial charge in [-0.2, -0.15) is 0 Å². The topological polar surface area (TPSA) is 92.9 Å². The van der Waals surface area contributed by atoms with Crippen molar-refractivity contribution in [1.29, 1.82) is 0 Å². The highest BCUT2D eigenvalue weighted by Crippen LogP contribution is 2.40. The van der Waals surface area contributed by atoms with Crippen LogP contribution in [0.25, 0.3) is 0 Å². The van der Waals surface area contributed by atoms with E-state index in [1.165, 1.54) is 31.2 Å². The summed E-state index contributed by atoms with van der Waals surface area (Å²) in [5.74, 6) is 1.61. The van der Waals surface area contributed by atoms with E-state index in [9.17, 15) is 4.79 Å². The third-order valence-electron chi connectivity index (χ3n) is 5.29. The number of nitrogens with two attached hydrogens (primary N) is 1. The maximum atomic E-state index is 12.9. The van der Waals surface area contributed by atoms with Gasteiger partial charge in [0, 0.05) is 23.9 Å². The van der Waals surface area contributed by atoms with Crippen molar-refractivity contribution in [2.75, 3.05) is 23.7 Å². The second-order valence-electron chi connectivity index (χ2n) is 7.96. The molecule has 0 unspecified atom stereocenters. The largest absolute Gasteiger partial charge is 0.369 e. The highest BCUT2D eigenvalue weighted by molar-refractivity contribution is 6.07. The minimum atomic E-state index is -0.180. The third kappa shape index (κ3) is 6.26. The Kier molecular flexibility index (Phi) is 7.58. The van der Waals surface area contributed by atoms with Crippen LogP contribution < -0.4 is 16.4 Å². The zero-order valence-corrected chi connectivity index (χ0v) is 17.6. The lowest BCUT2D eigenvalue weighted by molar-refractivity contribution is 0.102. The van der Waals surface area contributed by atoms with Gasteiger partial charge in [-0.1, -0.05) is 25.3 Å². The van der Waals surface area contributed by atoms with Crippen molar-refractivity contribution < 1.29 is 4.79 Å². The lowest BCUT2D eigenvalue weighted by Gasteiger charge is -2.13. The number of hydrogen-bond acceptors (Lipinski definition) is 5. The fourth-order valence-electron chi connectivity index (χ4n) is 3.45. The molecule has 1 amide bonds. The van der Waals surface area contributed by atoms with Crippen molar-refractivity contribution in [3.8, 4) is 0 Å². The number of anilines is 2. The molecule has 1 saturated carbocycles. The summed E-state index contributed by atoms with van der Waals surface area (Å²) in [6.07, 6.45) is 8.03. The van der Waals surface area contributed by atoms with E-state index in [2.05, 4.69) is 27.5 Å². The molecule has 6 nitrogen and oxygen atoms in total. The number of nitrogens with zero attached hydrogens (tertiary/aromatic N) is 2. The Hall–Kier alpha value is -2.47. The molecule has 4 N–H and O–H groups in total. The molecule has 2 aromatic rings. The van der Waals surface area contributed by atoms with Crippen LogP contribution in [0.3, 0.4) is 0 Å². The van der Waals surface area contributed by atoms with Crippen LogP contribution >= 0.6 is 0 Å². The Morgan fingerprint density at radius 1 is 1.03 bits per heavy atom. The normalized spacial score (nSPS) is 13.3. The standard InChI is InChI=1S/C23H33N5O/c1-16-8-13-20(27-21(16)18-10-11-18)28-23(29)19-12-9-17(2)26-22(19)25-15-7-5-3-4-6-14-24/h8-9,12-13,18H,3-7,10-11,14-15,24H2,1-2H3,(H,25,26)(H,27,28,29). The lowest BCUT2D eigenvalue weighted by atomic mass is 10.1. The van der Waals surface area contributed by atoms with Gasteiger partial charge >= 0.3 is 0 Å². The summed E-state index contributed by atoms with van der Waals surface area (Å²) in [7, 11) is 0. The van der Waals surface area contributed by atoms with Crippen molar-refractivity contribution in [3.63, 3.8) is 0 Å². The molecule has 2 heterocycles. The average molecular weight is 396 g/mol. The molecule has 2 aromatic heterocycles. The average Bonchev–Trinajstić information content (AvgIpc) is 3.54. The summed E-state index contributed by atoms with van der Waals surface area (Å²) in [4.78, 5) is 22.1. The smallest absolute Gasteiger partial charge is 0.260 e. The molecule has 0 spiro atoms. The zero-order chi connectivity index (χ0) is 20.6. The maximum absolute atomic E-state index is 12.9. The molecule has 0 radical (unpaired) electrons. The molecule has 156 valence electrons. The van der Waals surface area contributed by atoms with Gasteiger partial charge in [-0.25, -0.2) is 9.97 Å². The summed E-state index contributed by atoms with van der Waals surface area (Å²) in [5, 5.41) is 6.29. The first-order valence-electron chi connectivity index (χ1n) is 10.8. The summed E-state index contributed by atoms with van der Waals surface area (Å²) < 4.78 is 0. The fraction of sp³-hybridized carbons (Fsp3) is 0.522. The Morgan fingerprint density at radius 2 is 1.79 bits per heavy atom. The van der Waals surface area contributed by atoms with Crippen molar-refractivity contribution in [1.82, 2.24) is 9.97 Å². The predicted molar refractivity (Wildman–Crippen MR) is 119 cm³/mol. The van der Waals surface area contributed by atoms with Gasteiger partial charge in [0.05, 0.1) is 5.56 Å². The van der Waals surface area contributed by atoms with E-state index in [0.717, 1.165) is 43.7 Å². The van der Waals surface area contributed by atoms with E-state index in [1.807, 2.05) is 31.2 Å². The molecule has 0 aromatic carbocycles. The van der Waals surface area contributed by atoms with Gasteiger partial charge in [-0.05, 0) is 69.8 Å². The van der Waals surface area contributed by atoms with Gasteiger partial charge in [0.1, 0.15) is 11.6 Å². The molecule has 0 aliphatic heterocycles. The summed E-state index contributed by atoms with van der Waals surface area (Å²) in [6.45, 7) is 5.58. The van der Waals surface area contributed by atoms with Gasteiger partial charge in [-0.15, -0.1) is 0 Å². The first kappa shape index (κ1) is 21.2. The molecule has 0 atom stereocenters. The van der Waals surface area contributed by atoms with Crippen LogP contribution in [-0.2, 0) is 0 Å². The Balaban J connectivity index is 1.60. The van der Waals surface area contributed by atoms with E-state index in [0.29, 0.717) is 23.1 Å². The number of unbranched alkanes of at least 4 members (excludes halogenated alkanes) is 4. The van der Waals surface area contributed by atoms with Gasteiger partial charge in [-0.3, -0.25) is 4.79 Å². The highest BCUT2D eigenvalue weighted by atomic mass is 16.1. The number of aryl methyl sites for hydroxylation is 2. The summed E-state index contributed by atoms with van der Waals surface area (Å²) in [6, 6.07) is 7.60. The predicted octanol–water partition coefficient (Wildman–Crippen LogP) is 4.54. The van der Waals surface area contributed by atoms with E-state index >= 15 is 0 Å². The number of carbonyl (C=O) groups excluding carboxylic acids is 1. The monoisotopic (exact) mass is 395 g/mol. The minimum absolute atomic E-state index is 0.180. The number of amides is 1. The summed E-state index contributed by atoms with van der Waals surface area (Å²) >= 11 is 0. The molecule has 0 saturated heterocycles. The summed E-state index contributed by atoms with van der Waals surface area (Å²) in [5.41, 5.74) is 9.27. The molecule has 1 aliphatic carbocycles. The molecule has 0 bridgehead atoms. The van der Waals surface area contributed by atoms with Crippen LogP contribution in [0.1, 0.15) is 78.2 Å². The lowest BCUT2D eigenvalue weighted by Crippen LogP contribution is -2.17. The van der Waals surface area contributed by atoms with Crippen molar-refractivity contribution in [3.05, 3.63) is 46.8 Å². The number of hydrogen-bond donors (Lipinski definition) is 3. The van der Waals surface area contributed by atoms with E-state index in [4.69, 9.17) is 5.73 Å². The third-order valence-corrected chi connectivity index (χ3v) is 5.29.